The van der Waals surface area contributed by atoms with Crippen molar-refractivity contribution in [2.24, 2.45) is 11.8 Å². The number of hydrogen-bond donors (Lipinski definition) is 0. The van der Waals surface area contributed by atoms with E-state index in [1.807, 2.05) is 24.0 Å². The zero-order valence-corrected chi connectivity index (χ0v) is 11.5. The van der Waals surface area contributed by atoms with Crippen LogP contribution in [0.15, 0.2) is 24.3 Å². The predicted octanol–water partition coefficient (Wildman–Crippen LogP) is 2.50. The molecule has 2 atom stereocenters. The first-order chi connectivity index (χ1) is 9.26. The number of hydrogen-bond acceptors (Lipinski definition) is 2. The maximum atomic E-state index is 12.1. The third-order valence-electron chi connectivity index (χ3n) is 4.19. The summed E-state index contributed by atoms with van der Waals surface area (Å²) in [4.78, 5) is 14.1. The van der Waals surface area contributed by atoms with E-state index in [9.17, 15) is 4.79 Å². The first-order valence-electron chi connectivity index (χ1n) is 7.25. The lowest BCUT2D eigenvalue weighted by Gasteiger charge is -2.17. The van der Waals surface area contributed by atoms with E-state index in [1.54, 1.807) is 0 Å². The molecule has 1 saturated carbocycles. The first-order valence-corrected chi connectivity index (χ1v) is 7.25. The van der Waals surface area contributed by atoms with Gasteiger partial charge in [-0.25, -0.2) is 0 Å². The summed E-state index contributed by atoms with van der Waals surface area (Å²) in [5, 5.41) is 0. The fourth-order valence-electron chi connectivity index (χ4n) is 2.93. The predicted molar refractivity (Wildman–Crippen MR) is 74.1 cm³/mol. The Morgan fingerprint density at radius 1 is 1.26 bits per heavy atom. The number of rotatable bonds is 5. The van der Waals surface area contributed by atoms with Gasteiger partial charge in [0.1, 0.15) is 5.75 Å². The summed E-state index contributed by atoms with van der Waals surface area (Å²) < 4.78 is 5.41. The van der Waals surface area contributed by atoms with E-state index in [4.69, 9.17) is 4.74 Å². The van der Waals surface area contributed by atoms with Crippen LogP contribution in [0.4, 0.5) is 0 Å². The van der Waals surface area contributed by atoms with Crippen molar-refractivity contribution in [3.8, 4) is 5.75 Å². The van der Waals surface area contributed by atoms with E-state index in [0.717, 1.165) is 37.1 Å². The molecule has 3 nitrogen and oxygen atoms in total. The van der Waals surface area contributed by atoms with Gasteiger partial charge < -0.3 is 9.64 Å². The number of ether oxygens (including phenoxy) is 1. The van der Waals surface area contributed by atoms with Crippen LogP contribution in [0.25, 0.3) is 0 Å². The van der Waals surface area contributed by atoms with Crippen LogP contribution in [0, 0.1) is 11.8 Å². The Morgan fingerprint density at radius 3 is 2.58 bits per heavy atom. The molecule has 0 spiro atoms. The molecule has 1 aromatic carbocycles. The number of benzene rings is 1. The van der Waals surface area contributed by atoms with Gasteiger partial charge >= 0.3 is 0 Å². The largest absolute Gasteiger partial charge is 0.494 e. The highest BCUT2D eigenvalue weighted by atomic mass is 16.5. The summed E-state index contributed by atoms with van der Waals surface area (Å²) in [5.41, 5.74) is 1.21. The number of likely N-dealkylation sites (tertiary alicyclic amines) is 1. The Morgan fingerprint density at radius 2 is 1.95 bits per heavy atom. The third kappa shape index (κ3) is 2.91. The molecule has 2 aliphatic rings. The Hall–Kier alpha value is -1.51. The summed E-state index contributed by atoms with van der Waals surface area (Å²) in [7, 11) is 0. The zero-order chi connectivity index (χ0) is 13.2. The molecule has 0 aromatic heterocycles. The quantitative estimate of drug-likeness (QED) is 0.813. The molecule has 0 N–H and O–H groups in total. The molecule has 1 aliphatic heterocycles. The molecule has 3 rings (SSSR count). The number of carbonyl (C=O) groups excluding carboxylic acids is 1. The maximum absolute atomic E-state index is 12.1. The topological polar surface area (TPSA) is 29.5 Å². The second kappa shape index (κ2) is 5.24. The average molecular weight is 259 g/mol. The van der Waals surface area contributed by atoms with Crippen molar-refractivity contribution in [2.45, 2.75) is 26.2 Å². The van der Waals surface area contributed by atoms with Crippen molar-refractivity contribution >= 4 is 5.91 Å². The molecule has 1 aromatic rings. The van der Waals surface area contributed by atoms with Crippen molar-refractivity contribution in [3.05, 3.63) is 29.8 Å². The zero-order valence-electron chi connectivity index (χ0n) is 11.5. The van der Waals surface area contributed by atoms with Crippen LogP contribution in [0.1, 0.15) is 25.3 Å². The van der Waals surface area contributed by atoms with E-state index in [-0.39, 0.29) is 0 Å². The molecular formula is C16H21NO2. The molecule has 19 heavy (non-hydrogen) atoms. The average Bonchev–Trinajstić information content (AvgIpc) is 3.04. The lowest BCUT2D eigenvalue weighted by molar-refractivity contribution is -0.130. The fourth-order valence-corrected chi connectivity index (χ4v) is 2.93. The van der Waals surface area contributed by atoms with Crippen molar-refractivity contribution in [1.82, 2.24) is 4.90 Å². The van der Waals surface area contributed by atoms with Gasteiger partial charge in [0.25, 0.3) is 0 Å². The normalized spacial score (nSPS) is 24.2. The molecule has 1 amide bonds. The van der Waals surface area contributed by atoms with Gasteiger partial charge in [0.15, 0.2) is 0 Å². The van der Waals surface area contributed by atoms with Gasteiger partial charge in [-0.05, 0) is 49.3 Å². The highest BCUT2D eigenvalue weighted by Gasteiger charge is 2.46. The van der Waals surface area contributed by atoms with Crippen molar-refractivity contribution in [1.29, 1.82) is 0 Å². The molecule has 102 valence electrons. The number of amides is 1. The SMILES string of the molecule is CCOc1ccc(CCC(=O)N2CC3CC3C2)cc1. The van der Waals surface area contributed by atoms with Crippen LogP contribution in [-0.4, -0.2) is 30.5 Å². The third-order valence-corrected chi connectivity index (χ3v) is 4.19. The van der Waals surface area contributed by atoms with Crippen LogP contribution < -0.4 is 4.74 Å². The van der Waals surface area contributed by atoms with Crippen molar-refractivity contribution in [2.75, 3.05) is 19.7 Å². The molecule has 3 heteroatoms. The molecule has 0 bridgehead atoms. The first kappa shape index (κ1) is 12.5. The summed E-state index contributed by atoms with van der Waals surface area (Å²) in [5.74, 6) is 2.88. The van der Waals surface area contributed by atoms with Crippen LogP contribution in [0.5, 0.6) is 5.75 Å². The van der Waals surface area contributed by atoms with Crippen LogP contribution >= 0.6 is 0 Å². The van der Waals surface area contributed by atoms with Crippen LogP contribution in [0.3, 0.4) is 0 Å². The van der Waals surface area contributed by atoms with Gasteiger partial charge in [0.2, 0.25) is 5.91 Å². The van der Waals surface area contributed by atoms with Crippen LogP contribution in [-0.2, 0) is 11.2 Å². The molecule has 2 unspecified atom stereocenters. The van der Waals surface area contributed by atoms with Crippen LogP contribution in [0.2, 0.25) is 0 Å². The second-order valence-corrected chi connectivity index (χ2v) is 5.63. The smallest absolute Gasteiger partial charge is 0.222 e. The van der Waals surface area contributed by atoms with Gasteiger partial charge in [0.05, 0.1) is 6.61 Å². The van der Waals surface area contributed by atoms with Gasteiger partial charge in [-0.1, -0.05) is 12.1 Å². The number of fused-ring (bicyclic) bond motifs is 1. The minimum atomic E-state index is 0.320. The lowest BCUT2D eigenvalue weighted by atomic mass is 10.1. The molecule has 1 aliphatic carbocycles. The number of piperidine rings is 1. The van der Waals surface area contributed by atoms with E-state index in [0.29, 0.717) is 18.9 Å². The Kier molecular flexibility index (Phi) is 3.45. The highest BCUT2D eigenvalue weighted by Crippen LogP contribution is 2.44. The molecular weight excluding hydrogens is 238 g/mol. The van der Waals surface area contributed by atoms with Crippen molar-refractivity contribution < 1.29 is 9.53 Å². The maximum Gasteiger partial charge on any atom is 0.222 e. The van der Waals surface area contributed by atoms with Gasteiger partial charge in [0, 0.05) is 19.5 Å². The number of aryl methyl sites for hydroxylation is 1. The summed E-state index contributed by atoms with van der Waals surface area (Å²) in [6, 6.07) is 8.07. The van der Waals surface area contributed by atoms with E-state index in [2.05, 4.69) is 12.1 Å². The van der Waals surface area contributed by atoms with E-state index in [1.165, 1.54) is 12.0 Å². The lowest BCUT2D eigenvalue weighted by Crippen LogP contribution is -2.30. The highest BCUT2D eigenvalue weighted by molar-refractivity contribution is 5.77. The number of carbonyl (C=O) groups is 1. The monoisotopic (exact) mass is 259 g/mol. The summed E-state index contributed by atoms with van der Waals surface area (Å²) in [6.45, 7) is 4.68. The molecule has 2 fully saturated rings. The standard InChI is InChI=1S/C16H21NO2/c1-2-19-15-6-3-12(4-7-15)5-8-16(18)17-10-13-9-14(13)11-17/h3-4,6-7,13-14H,2,5,8-11H2,1H3. The summed E-state index contributed by atoms with van der Waals surface area (Å²) >= 11 is 0. The minimum absolute atomic E-state index is 0.320. The number of nitrogens with zero attached hydrogens (tertiary/aromatic N) is 1. The molecule has 1 heterocycles. The van der Waals surface area contributed by atoms with Crippen molar-refractivity contribution in [3.63, 3.8) is 0 Å². The van der Waals surface area contributed by atoms with Gasteiger partial charge in [-0.2, -0.15) is 0 Å². The Labute approximate surface area is 114 Å². The van der Waals surface area contributed by atoms with E-state index >= 15 is 0 Å². The van der Waals surface area contributed by atoms with Gasteiger partial charge in [-0.3, -0.25) is 4.79 Å². The van der Waals surface area contributed by atoms with Gasteiger partial charge in [-0.15, -0.1) is 0 Å². The Balaban J connectivity index is 1.47. The fraction of sp³-hybridized carbons (Fsp3) is 0.562. The molecule has 0 radical (unpaired) electrons. The molecule has 1 saturated heterocycles. The Bertz CT molecular complexity index is 444. The minimum Gasteiger partial charge on any atom is -0.494 e. The summed E-state index contributed by atoms with van der Waals surface area (Å²) in [6.07, 6.45) is 2.81. The second-order valence-electron chi connectivity index (χ2n) is 5.63. The van der Waals surface area contributed by atoms with E-state index < -0.39 is 0 Å².